The molecule has 3 aliphatic heterocycles. The average molecular weight is 376 g/mol. The van der Waals surface area contributed by atoms with Crippen molar-refractivity contribution in [2.45, 2.75) is 76.0 Å². The Balaban J connectivity index is 1.29. The Morgan fingerprint density at radius 1 is 1.22 bits per heavy atom. The highest BCUT2D eigenvalue weighted by Crippen LogP contribution is 2.62. The van der Waals surface area contributed by atoms with E-state index in [4.69, 9.17) is 9.47 Å². The third-order valence-corrected chi connectivity index (χ3v) is 8.20. The van der Waals surface area contributed by atoms with Crippen molar-refractivity contribution in [3.63, 3.8) is 0 Å². The van der Waals surface area contributed by atoms with Gasteiger partial charge in [-0.2, -0.15) is 0 Å². The van der Waals surface area contributed by atoms with Crippen LogP contribution < -0.4 is 10.6 Å². The fourth-order valence-corrected chi connectivity index (χ4v) is 6.59. The number of fused-ring (bicyclic) bond motifs is 3. The van der Waals surface area contributed by atoms with E-state index in [0.717, 1.165) is 45.3 Å². The molecule has 2 N–H and O–H groups in total. The smallest absolute Gasteiger partial charge is 0.310 e. The number of epoxide rings is 1. The zero-order chi connectivity index (χ0) is 18.6. The van der Waals surface area contributed by atoms with Crippen LogP contribution in [0.5, 0.6) is 0 Å². The molecule has 1 unspecified atom stereocenters. The zero-order valence-corrected chi connectivity index (χ0v) is 16.3. The normalized spacial score (nSPS) is 49.0. The molecule has 7 atom stereocenters. The van der Waals surface area contributed by atoms with E-state index in [1.165, 1.54) is 19.3 Å². The highest BCUT2D eigenvalue weighted by atomic mass is 16.6. The lowest BCUT2D eigenvalue weighted by atomic mass is 9.53. The van der Waals surface area contributed by atoms with Gasteiger partial charge in [-0.15, -0.1) is 0 Å². The van der Waals surface area contributed by atoms with Gasteiger partial charge in [0.2, 0.25) is 5.91 Å². The maximum Gasteiger partial charge on any atom is 0.310 e. The lowest BCUT2D eigenvalue weighted by molar-refractivity contribution is -0.147. The summed E-state index contributed by atoms with van der Waals surface area (Å²) in [5, 5.41) is 6.36. The molecule has 0 radical (unpaired) electrons. The number of carbonyl (C=O) groups excluding carboxylic acids is 2. The van der Waals surface area contributed by atoms with Gasteiger partial charge in [0.15, 0.2) is 0 Å². The summed E-state index contributed by atoms with van der Waals surface area (Å²) < 4.78 is 11.8. The molecule has 0 aromatic rings. The van der Waals surface area contributed by atoms with Crippen LogP contribution in [0.4, 0.5) is 0 Å². The number of esters is 1. The standard InChI is InChI=1S/C21H32N2O4/c1-20-6-4-7-21(12-26-21)17(20)9-13-14(19(25)27-16(13)10-20)11-23-15-5-2-3-8-22-18(15)24/h13-17,23H,2-12H2,1H3,(H,22,24)/t13-,14?,15+,16-,17-,20-,21+/m1/s1. The van der Waals surface area contributed by atoms with Crippen molar-refractivity contribution in [3.8, 4) is 0 Å². The first kappa shape index (κ1) is 17.9. The van der Waals surface area contributed by atoms with Crippen LogP contribution in [0.2, 0.25) is 0 Å². The fourth-order valence-electron chi connectivity index (χ4n) is 6.59. The van der Waals surface area contributed by atoms with Gasteiger partial charge in [0, 0.05) is 19.0 Å². The predicted molar refractivity (Wildman–Crippen MR) is 98.9 cm³/mol. The van der Waals surface area contributed by atoms with Crippen LogP contribution in [0, 0.1) is 23.2 Å². The Kier molecular flexibility index (Phi) is 4.28. The van der Waals surface area contributed by atoms with Gasteiger partial charge in [-0.1, -0.05) is 6.92 Å². The minimum Gasteiger partial charge on any atom is -0.462 e. The van der Waals surface area contributed by atoms with E-state index >= 15 is 0 Å². The first-order valence-electron chi connectivity index (χ1n) is 10.9. The summed E-state index contributed by atoms with van der Waals surface area (Å²) in [6.45, 7) is 4.58. The fraction of sp³-hybridized carbons (Fsp3) is 0.905. The molecule has 3 saturated heterocycles. The molecule has 0 aromatic heterocycles. The first-order valence-corrected chi connectivity index (χ1v) is 10.9. The van der Waals surface area contributed by atoms with Gasteiger partial charge in [-0.05, 0) is 62.7 Å². The van der Waals surface area contributed by atoms with Crippen LogP contribution in [-0.2, 0) is 19.1 Å². The highest BCUT2D eigenvalue weighted by Gasteiger charge is 2.65. The summed E-state index contributed by atoms with van der Waals surface area (Å²) in [6, 6.07) is -0.180. The van der Waals surface area contributed by atoms with Crippen LogP contribution in [-0.4, -0.2) is 49.3 Å². The molecule has 5 rings (SSSR count). The second kappa shape index (κ2) is 6.45. The second-order valence-electron chi connectivity index (χ2n) is 9.85. The Hall–Kier alpha value is -1.14. The van der Waals surface area contributed by atoms with Gasteiger partial charge in [-0.25, -0.2) is 0 Å². The number of rotatable bonds is 3. The number of carbonyl (C=O) groups is 2. The highest BCUT2D eigenvalue weighted by molar-refractivity contribution is 5.82. The number of amides is 1. The molecule has 3 heterocycles. The molecule has 6 nitrogen and oxygen atoms in total. The third-order valence-electron chi connectivity index (χ3n) is 8.20. The van der Waals surface area contributed by atoms with Crippen molar-refractivity contribution in [1.29, 1.82) is 0 Å². The van der Waals surface area contributed by atoms with E-state index < -0.39 is 0 Å². The number of ether oxygens (including phenoxy) is 2. The van der Waals surface area contributed by atoms with E-state index in [9.17, 15) is 9.59 Å². The topological polar surface area (TPSA) is 80.0 Å². The maximum atomic E-state index is 12.7. The number of hydrogen-bond donors (Lipinski definition) is 2. The maximum absolute atomic E-state index is 12.7. The van der Waals surface area contributed by atoms with Crippen LogP contribution in [0.1, 0.15) is 58.3 Å². The van der Waals surface area contributed by atoms with Gasteiger partial charge < -0.3 is 20.1 Å². The summed E-state index contributed by atoms with van der Waals surface area (Å²) in [6.07, 6.45) is 8.57. The molecule has 150 valence electrons. The molecule has 1 spiro atoms. The second-order valence-corrected chi connectivity index (χ2v) is 9.85. The molecule has 5 aliphatic rings. The molecule has 6 heteroatoms. The van der Waals surface area contributed by atoms with Crippen LogP contribution >= 0.6 is 0 Å². The minimum absolute atomic E-state index is 0.0439. The van der Waals surface area contributed by atoms with Crippen LogP contribution in [0.15, 0.2) is 0 Å². The Morgan fingerprint density at radius 3 is 2.89 bits per heavy atom. The molecule has 0 bridgehead atoms. The van der Waals surface area contributed by atoms with Crippen LogP contribution in [0.3, 0.4) is 0 Å². The monoisotopic (exact) mass is 376 g/mol. The zero-order valence-electron chi connectivity index (χ0n) is 16.3. The molecule has 0 aromatic carbocycles. The molecular weight excluding hydrogens is 344 g/mol. The van der Waals surface area contributed by atoms with E-state index in [0.29, 0.717) is 12.5 Å². The minimum atomic E-state index is -0.180. The van der Waals surface area contributed by atoms with Crippen molar-refractivity contribution in [2.75, 3.05) is 19.7 Å². The van der Waals surface area contributed by atoms with E-state index in [1.807, 2.05) is 0 Å². The molecule has 2 aliphatic carbocycles. The molecule has 27 heavy (non-hydrogen) atoms. The van der Waals surface area contributed by atoms with E-state index in [1.54, 1.807) is 0 Å². The lowest BCUT2D eigenvalue weighted by Crippen LogP contribution is -2.51. The molecule has 2 saturated carbocycles. The average Bonchev–Trinajstić information content (AvgIpc) is 3.36. The van der Waals surface area contributed by atoms with Gasteiger partial charge in [-0.3, -0.25) is 9.59 Å². The lowest BCUT2D eigenvalue weighted by Gasteiger charge is -2.51. The van der Waals surface area contributed by atoms with E-state index in [-0.39, 0.29) is 46.9 Å². The summed E-state index contributed by atoms with van der Waals surface area (Å²) in [4.78, 5) is 24.9. The van der Waals surface area contributed by atoms with E-state index in [2.05, 4.69) is 17.6 Å². The van der Waals surface area contributed by atoms with Crippen molar-refractivity contribution in [3.05, 3.63) is 0 Å². The van der Waals surface area contributed by atoms with Crippen LogP contribution in [0.25, 0.3) is 0 Å². The first-order chi connectivity index (χ1) is 13.0. The Morgan fingerprint density at radius 2 is 2.07 bits per heavy atom. The number of hydrogen-bond acceptors (Lipinski definition) is 5. The van der Waals surface area contributed by atoms with Crippen molar-refractivity contribution in [1.82, 2.24) is 10.6 Å². The summed E-state index contributed by atoms with van der Waals surface area (Å²) in [7, 11) is 0. The SMILES string of the molecule is C[C@]12CCC[C@]3(CO3)[C@@H]1C[C@@H]1C(CN[C@H]3CCCCNC3=O)C(=O)O[C@@H]1C2. The molecule has 1 amide bonds. The van der Waals surface area contributed by atoms with Crippen molar-refractivity contribution < 1.29 is 19.1 Å². The van der Waals surface area contributed by atoms with Crippen molar-refractivity contribution >= 4 is 11.9 Å². The Bertz CT molecular complexity index is 634. The van der Waals surface area contributed by atoms with Gasteiger partial charge >= 0.3 is 5.97 Å². The number of nitrogens with one attached hydrogen (secondary N) is 2. The molecule has 5 fully saturated rings. The third kappa shape index (κ3) is 3.00. The summed E-state index contributed by atoms with van der Waals surface area (Å²) in [5.41, 5.74) is 0.322. The van der Waals surface area contributed by atoms with Gasteiger partial charge in [0.1, 0.15) is 6.10 Å². The van der Waals surface area contributed by atoms with Crippen molar-refractivity contribution in [2.24, 2.45) is 23.2 Å². The Labute approximate surface area is 161 Å². The summed E-state index contributed by atoms with van der Waals surface area (Å²) in [5.74, 6) is 0.673. The predicted octanol–water partition coefficient (Wildman–Crippen LogP) is 1.77. The molecular formula is C21H32N2O4. The summed E-state index contributed by atoms with van der Waals surface area (Å²) >= 11 is 0. The largest absolute Gasteiger partial charge is 0.462 e. The quantitative estimate of drug-likeness (QED) is 0.580. The van der Waals surface area contributed by atoms with Gasteiger partial charge in [0.25, 0.3) is 0 Å². The van der Waals surface area contributed by atoms with Gasteiger partial charge in [0.05, 0.1) is 24.2 Å².